The SMILES string of the molecule is CNC(=O)[C@H]1CC(O)CN1C(=O)C(n1cc(Cn2cnc(-c3ccccc3)c2)nn1)C(C)(C)C. The minimum absolute atomic E-state index is 0.113. The number of nitrogens with one attached hydrogen (secondary N) is 1. The summed E-state index contributed by atoms with van der Waals surface area (Å²) in [6.45, 7) is 6.40. The topological polar surface area (TPSA) is 118 Å². The first-order chi connectivity index (χ1) is 16.2. The lowest BCUT2D eigenvalue weighted by Gasteiger charge is -2.34. The Morgan fingerprint density at radius 3 is 2.62 bits per heavy atom. The molecule has 2 amide bonds. The van der Waals surface area contributed by atoms with Gasteiger partial charge in [-0.25, -0.2) is 9.67 Å². The number of aliphatic hydroxyl groups excluding tert-OH is 1. The molecule has 0 spiro atoms. The number of aliphatic hydroxyl groups is 1. The van der Waals surface area contributed by atoms with E-state index in [-0.39, 0.29) is 24.8 Å². The van der Waals surface area contributed by atoms with Crippen LogP contribution in [0.5, 0.6) is 0 Å². The van der Waals surface area contributed by atoms with E-state index in [9.17, 15) is 14.7 Å². The Morgan fingerprint density at radius 1 is 1.21 bits per heavy atom. The summed E-state index contributed by atoms with van der Waals surface area (Å²) in [4.78, 5) is 31.9. The normalized spacial score (nSPS) is 19.3. The molecular formula is C24H31N7O3. The summed E-state index contributed by atoms with van der Waals surface area (Å²) in [6.07, 6.45) is 4.93. The summed E-state index contributed by atoms with van der Waals surface area (Å²) >= 11 is 0. The number of hydrogen-bond donors (Lipinski definition) is 2. The van der Waals surface area contributed by atoms with Gasteiger partial charge in [-0.05, 0) is 5.41 Å². The zero-order chi connectivity index (χ0) is 24.5. The number of rotatable bonds is 6. The summed E-state index contributed by atoms with van der Waals surface area (Å²) < 4.78 is 3.49. The molecule has 1 aliphatic heterocycles. The minimum Gasteiger partial charge on any atom is -0.391 e. The largest absolute Gasteiger partial charge is 0.391 e. The van der Waals surface area contributed by atoms with E-state index >= 15 is 0 Å². The van der Waals surface area contributed by atoms with Crippen LogP contribution in [0.2, 0.25) is 0 Å². The van der Waals surface area contributed by atoms with Gasteiger partial charge in [0, 0.05) is 31.8 Å². The zero-order valence-electron chi connectivity index (χ0n) is 19.9. The van der Waals surface area contributed by atoms with Gasteiger partial charge in [0.25, 0.3) is 0 Å². The molecule has 1 aliphatic rings. The van der Waals surface area contributed by atoms with E-state index in [1.54, 1.807) is 17.2 Å². The molecule has 3 heterocycles. The molecule has 3 aromatic rings. The van der Waals surface area contributed by atoms with Crippen molar-refractivity contribution in [2.45, 2.75) is 51.9 Å². The number of β-amino-alcohol motifs (C(OH)–C–C–N with tert-alkyl or cyclic N) is 1. The zero-order valence-corrected chi connectivity index (χ0v) is 19.9. The van der Waals surface area contributed by atoms with Gasteiger partial charge in [0.1, 0.15) is 17.8 Å². The molecule has 3 atom stereocenters. The van der Waals surface area contributed by atoms with Crippen LogP contribution in [0.15, 0.2) is 49.1 Å². The highest BCUT2D eigenvalue weighted by atomic mass is 16.3. The summed E-state index contributed by atoms with van der Waals surface area (Å²) in [6, 6.07) is 8.52. The molecule has 1 fully saturated rings. The Kier molecular flexibility index (Phi) is 6.52. The molecule has 0 saturated carbocycles. The van der Waals surface area contributed by atoms with E-state index in [1.165, 1.54) is 11.9 Å². The molecule has 180 valence electrons. The fourth-order valence-corrected chi connectivity index (χ4v) is 4.41. The fraction of sp³-hybridized carbons (Fsp3) is 0.458. The van der Waals surface area contributed by atoms with Crippen molar-refractivity contribution >= 4 is 11.8 Å². The molecular weight excluding hydrogens is 434 g/mol. The van der Waals surface area contributed by atoms with Gasteiger partial charge in [-0.3, -0.25) is 9.59 Å². The Balaban J connectivity index is 1.55. The van der Waals surface area contributed by atoms with Gasteiger partial charge in [0.05, 0.1) is 30.9 Å². The molecule has 34 heavy (non-hydrogen) atoms. The third-order valence-electron chi connectivity index (χ3n) is 6.04. The van der Waals surface area contributed by atoms with E-state index in [2.05, 4.69) is 20.6 Å². The van der Waals surface area contributed by atoms with Crippen LogP contribution in [0.3, 0.4) is 0 Å². The van der Waals surface area contributed by atoms with E-state index < -0.39 is 23.6 Å². The van der Waals surface area contributed by atoms with Crippen molar-refractivity contribution in [1.82, 2.24) is 34.8 Å². The molecule has 2 aromatic heterocycles. The van der Waals surface area contributed by atoms with Gasteiger partial charge in [-0.2, -0.15) is 0 Å². The molecule has 0 bridgehead atoms. The lowest BCUT2D eigenvalue weighted by atomic mass is 9.85. The highest BCUT2D eigenvalue weighted by Gasteiger charge is 2.45. The van der Waals surface area contributed by atoms with Crippen LogP contribution in [0.25, 0.3) is 11.3 Å². The van der Waals surface area contributed by atoms with Crippen molar-refractivity contribution in [3.05, 3.63) is 54.7 Å². The predicted molar refractivity (Wildman–Crippen MR) is 125 cm³/mol. The minimum atomic E-state index is -0.738. The number of likely N-dealkylation sites (tertiary alicyclic amines) is 1. The summed E-state index contributed by atoms with van der Waals surface area (Å²) in [5.74, 6) is -0.547. The molecule has 2 N–H and O–H groups in total. The standard InChI is InChI=1S/C24H31N7O3/c1-24(2,3)21(23(34)30-13-18(32)10-20(30)22(33)25-4)31-12-17(27-28-31)11-29-14-19(26-15-29)16-8-6-5-7-9-16/h5-9,12,14-15,18,20-21,32H,10-11,13H2,1-4H3,(H,25,33)/t18?,20-,21?/m1/s1. The quantitative estimate of drug-likeness (QED) is 0.569. The summed E-state index contributed by atoms with van der Waals surface area (Å²) in [7, 11) is 1.53. The van der Waals surface area contributed by atoms with E-state index in [4.69, 9.17) is 0 Å². The van der Waals surface area contributed by atoms with E-state index in [0.29, 0.717) is 12.2 Å². The van der Waals surface area contributed by atoms with Crippen LogP contribution in [0.1, 0.15) is 38.9 Å². The molecule has 0 radical (unpaired) electrons. The number of amides is 2. The maximum Gasteiger partial charge on any atom is 0.248 e. The Hall–Kier alpha value is -3.53. The maximum atomic E-state index is 13.6. The van der Waals surface area contributed by atoms with Crippen molar-refractivity contribution in [3.8, 4) is 11.3 Å². The third-order valence-corrected chi connectivity index (χ3v) is 6.04. The van der Waals surface area contributed by atoms with Crippen LogP contribution >= 0.6 is 0 Å². The van der Waals surface area contributed by atoms with Gasteiger partial charge < -0.3 is 19.9 Å². The molecule has 1 aromatic carbocycles. The van der Waals surface area contributed by atoms with Gasteiger partial charge in [-0.15, -0.1) is 5.10 Å². The number of aromatic nitrogens is 5. The Bertz CT molecular complexity index is 1150. The van der Waals surface area contributed by atoms with Crippen LogP contribution in [0.4, 0.5) is 0 Å². The van der Waals surface area contributed by atoms with Crippen molar-refractivity contribution in [2.24, 2.45) is 5.41 Å². The van der Waals surface area contributed by atoms with Gasteiger partial charge in [-0.1, -0.05) is 56.3 Å². The number of benzene rings is 1. The maximum absolute atomic E-state index is 13.6. The smallest absolute Gasteiger partial charge is 0.248 e. The third kappa shape index (κ3) is 4.86. The van der Waals surface area contributed by atoms with Crippen LogP contribution in [-0.4, -0.2) is 72.1 Å². The molecule has 0 aliphatic carbocycles. The van der Waals surface area contributed by atoms with Crippen LogP contribution < -0.4 is 5.32 Å². The number of carbonyl (C=O) groups is 2. The molecule has 4 rings (SSSR count). The van der Waals surface area contributed by atoms with E-state index in [0.717, 1.165) is 11.3 Å². The molecule has 10 heteroatoms. The number of likely N-dealkylation sites (N-methyl/N-ethyl adjacent to an activating group) is 1. The highest BCUT2D eigenvalue weighted by Crippen LogP contribution is 2.34. The van der Waals surface area contributed by atoms with Crippen molar-refractivity contribution in [2.75, 3.05) is 13.6 Å². The Morgan fingerprint density at radius 2 is 1.94 bits per heavy atom. The van der Waals surface area contributed by atoms with Crippen molar-refractivity contribution in [3.63, 3.8) is 0 Å². The first-order valence-corrected chi connectivity index (χ1v) is 11.4. The predicted octanol–water partition coefficient (Wildman–Crippen LogP) is 1.48. The van der Waals surface area contributed by atoms with Gasteiger partial charge in [0.2, 0.25) is 11.8 Å². The highest BCUT2D eigenvalue weighted by molar-refractivity contribution is 5.90. The molecule has 2 unspecified atom stereocenters. The monoisotopic (exact) mass is 465 g/mol. The van der Waals surface area contributed by atoms with E-state index in [1.807, 2.05) is 61.9 Å². The second-order valence-corrected chi connectivity index (χ2v) is 9.77. The first kappa shape index (κ1) is 23.6. The van der Waals surface area contributed by atoms with Crippen molar-refractivity contribution in [1.29, 1.82) is 0 Å². The molecule has 1 saturated heterocycles. The second kappa shape index (κ2) is 9.38. The summed E-state index contributed by atoms with van der Waals surface area (Å²) in [5.41, 5.74) is 2.08. The first-order valence-electron chi connectivity index (χ1n) is 11.4. The van der Waals surface area contributed by atoms with Gasteiger partial charge >= 0.3 is 0 Å². The second-order valence-electron chi connectivity index (χ2n) is 9.77. The van der Waals surface area contributed by atoms with Gasteiger partial charge in [0.15, 0.2) is 0 Å². The Labute approximate surface area is 198 Å². The number of nitrogens with zero attached hydrogens (tertiary/aromatic N) is 6. The number of hydrogen-bond acceptors (Lipinski definition) is 6. The lowest BCUT2D eigenvalue weighted by molar-refractivity contribution is -0.144. The number of imidazole rings is 1. The van der Waals surface area contributed by atoms with Crippen LogP contribution in [-0.2, 0) is 16.1 Å². The van der Waals surface area contributed by atoms with Crippen molar-refractivity contribution < 1.29 is 14.7 Å². The number of carbonyl (C=O) groups excluding carboxylic acids is 2. The fourth-order valence-electron chi connectivity index (χ4n) is 4.41. The lowest BCUT2D eigenvalue weighted by Crippen LogP contribution is -2.49. The molecule has 10 nitrogen and oxygen atoms in total. The van der Waals surface area contributed by atoms with Crippen LogP contribution in [0, 0.1) is 5.41 Å². The average molecular weight is 466 g/mol. The summed E-state index contributed by atoms with van der Waals surface area (Å²) in [5, 5.41) is 21.3. The average Bonchev–Trinajstić information content (AvgIpc) is 3.54.